The van der Waals surface area contributed by atoms with Gasteiger partial charge in [-0.25, -0.2) is 4.57 Å². The Kier molecular flexibility index (Phi) is 15.9. The molecule has 0 aliphatic carbocycles. The van der Waals surface area contributed by atoms with E-state index in [0.717, 1.165) is 19.3 Å². The Bertz CT molecular complexity index is 387. The smallest absolute Gasteiger partial charge is 0.385 e. The monoisotopic (exact) mass is 410 g/mol. The summed E-state index contributed by atoms with van der Waals surface area (Å²) in [6.45, 7) is 2.71. The molecule has 2 N–H and O–H groups in total. The summed E-state index contributed by atoms with van der Waals surface area (Å²) in [6.07, 6.45) is 14.1. The van der Waals surface area contributed by atoms with Gasteiger partial charge in [-0.05, 0) is 6.42 Å². The molecule has 6 nitrogen and oxygen atoms in total. The van der Waals surface area contributed by atoms with Crippen molar-refractivity contribution in [3.8, 4) is 0 Å². The number of unbranched alkanes of at least 4 members (excludes halogenated alkanes) is 11. The van der Waals surface area contributed by atoms with Gasteiger partial charge >= 0.3 is 7.82 Å². The highest BCUT2D eigenvalue weighted by molar-refractivity contribution is 7.47. The maximum absolute atomic E-state index is 11.8. The number of hydrogen-bond acceptors (Lipinski definition) is 4. The summed E-state index contributed by atoms with van der Waals surface area (Å²) in [5.41, 5.74) is 0. The minimum Gasteiger partial charge on any atom is -0.385 e. The number of aliphatic hydroxyl groups excluding tert-OH is 1. The zero-order valence-corrected chi connectivity index (χ0v) is 19.1. The fourth-order valence-electron chi connectivity index (χ4n) is 3.03. The largest absolute Gasteiger partial charge is 0.472 e. The molecule has 0 aromatic heterocycles. The zero-order valence-electron chi connectivity index (χ0n) is 18.2. The molecular weight excluding hydrogens is 365 g/mol. The van der Waals surface area contributed by atoms with Crippen LogP contribution in [-0.4, -0.2) is 61.5 Å². The minimum atomic E-state index is -4.06. The lowest BCUT2D eigenvalue weighted by atomic mass is 10.1. The average molecular weight is 411 g/mol. The number of hydrogen-bond donors (Lipinski definition) is 2. The van der Waals surface area contributed by atoms with Gasteiger partial charge in [0.15, 0.2) is 0 Å². The van der Waals surface area contributed by atoms with Gasteiger partial charge in [0.2, 0.25) is 0 Å². The number of likely N-dealkylation sites (N-methyl/N-ethyl adjacent to an activating group) is 1. The van der Waals surface area contributed by atoms with Crippen molar-refractivity contribution in [2.75, 3.05) is 40.9 Å². The molecule has 0 spiro atoms. The summed E-state index contributed by atoms with van der Waals surface area (Å²) in [5.74, 6) is 0. The molecule has 2 unspecified atom stereocenters. The lowest BCUT2D eigenvalue weighted by Gasteiger charge is -2.26. The highest BCUT2D eigenvalue weighted by atomic mass is 31.2. The van der Waals surface area contributed by atoms with Crippen LogP contribution in [0.25, 0.3) is 0 Å². The standard InChI is InChI=1S/C20H44NO5P/c1-5-6-7-8-9-10-11-12-13-14-15-16-17-25-27(23,24)26-19-20(22)18-21(2,3)4/h20,22H,5-19H2,1-4H3/p+1. The molecule has 0 bridgehead atoms. The van der Waals surface area contributed by atoms with Crippen molar-refractivity contribution in [3.05, 3.63) is 0 Å². The van der Waals surface area contributed by atoms with Crippen LogP contribution in [0.4, 0.5) is 0 Å². The van der Waals surface area contributed by atoms with Crippen LogP contribution in [0.3, 0.4) is 0 Å². The summed E-state index contributed by atoms with van der Waals surface area (Å²) in [6, 6.07) is 0. The molecule has 0 rings (SSSR count). The molecule has 164 valence electrons. The third-order valence-corrected chi connectivity index (χ3v) is 5.43. The average Bonchev–Trinajstić information content (AvgIpc) is 2.56. The van der Waals surface area contributed by atoms with E-state index in [2.05, 4.69) is 6.92 Å². The number of quaternary nitrogens is 1. The van der Waals surface area contributed by atoms with E-state index < -0.39 is 13.9 Å². The van der Waals surface area contributed by atoms with Crippen molar-refractivity contribution in [1.82, 2.24) is 0 Å². The molecule has 0 aliphatic rings. The molecule has 0 aromatic carbocycles. The van der Waals surface area contributed by atoms with E-state index in [9.17, 15) is 14.6 Å². The van der Waals surface area contributed by atoms with Gasteiger partial charge in [-0.15, -0.1) is 0 Å². The number of phosphoric acid groups is 1. The number of aliphatic hydroxyl groups is 1. The second-order valence-corrected chi connectivity index (χ2v) is 10.1. The third-order valence-electron chi connectivity index (χ3n) is 4.44. The van der Waals surface area contributed by atoms with Gasteiger partial charge in [0, 0.05) is 0 Å². The topological polar surface area (TPSA) is 76.0 Å². The minimum absolute atomic E-state index is 0.193. The van der Waals surface area contributed by atoms with Crippen LogP contribution in [0.5, 0.6) is 0 Å². The molecule has 7 heteroatoms. The Balaban J connectivity index is 3.49. The second-order valence-electron chi connectivity index (χ2n) is 8.61. The maximum Gasteiger partial charge on any atom is 0.472 e. The molecule has 27 heavy (non-hydrogen) atoms. The predicted molar refractivity (Wildman–Crippen MR) is 112 cm³/mol. The molecule has 0 amide bonds. The van der Waals surface area contributed by atoms with Gasteiger partial charge in [-0.1, -0.05) is 77.6 Å². The summed E-state index contributed by atoms with van der Waals surface area (Å²) >= 11 is 0. The van der Waals surface area contributed by atoms with Crippen molar-refractivity contribution < 1.29 is 28.1 Å². The Hall–Kier alpha value is 0.0300. The summed E-state index contributed by atoms with van der Waals surface area (Å²) < 4.78 is 22.2. The Morgan fingerprint density at radius 1 is 0.815 bits per heavy atom. The van der Waals surface area contributed by atoms with Crippen molar-refractivity contribution in [2.45, 2.75) is 90.1 Å². The molecule has 2 atom stereocenters. The number of nitrogens with zero attached hydrogens (tertiary/aromatic N) is 1. The van der Waals surface area contributed by atoms with E-state index in [1.54, 1.807) is 0 Å². The molecule has 0 saturated carbocycles. The van der Waals surface area contributed by atoms with Gasteiger partial charge in [0.05, 0.1) is 34.4 Å². The molecule has 0 heterocycles. The van der Waals surface area contributed by atoms with Crippen LogP contribution >= 0.6 is 7.82 Å². The summed E-state index contributed by atoms with van der Waals surface area (Å²) in [4.78, 5) is 9.63. The fraction of sp³-hybridized carbons (Fsp3) is 1.00. The molecule has 0 aliphatic heterocycles. The van der Waals surface area contributed by atoms with Crippen LogP contribution in [0.2, 0.25) is 0 Å². The zero-order chi connectivity index (χ0) is 20.6. The molecular formula is C20H45NO5P+. The quantitative estimate of drug-likeness (QED) is 0.180. The highest BCUT2D eigenvalue weighted by Gasteiger charge is 2.24. The Morgan fingerprint density at radius 3 is 1.70 bits per heavy atom. The van der Waals surface area contributed by atoms with E-state index in [1.807, 2.05) is 21.1 Å². The van der Waals surface area contributed by atoms with E-state index in [-0.39, 0.29) is 13.2 Å². The van der Waals surface area contributed by atoms with E-state index in [1.165, 1.54) is 57.8 Å². The van der Waals surface area contributed by atoms with Crippen molar-refractivity contribution in [1.29, 1.82) is 0 Å². The van der Waals surface area contributed by atoms with Crippen LogP contribution in [0.1, 0.15) is 84.0 Å². The highest BCUT2D eigenvalue weighted by Crippen LogP contribution is 2.43. The van der Waals surface area contributed by atoms with Crippen molar-refractivity contribution in [2.24, 2.45) is 0 Å². The molecule has 0 radical (unpaired) electrons. The number of rotatable bonds is 19. The number of phosphoric ester groups is 1. The maximum atomic E-state index is 11.8. The molecule has 0 fully saturated rings. The first kappa shape index (κ1) is 27.0. The van der Waals surface area contributed by atoms with Gasteiger partial charge in [0.1, 0.15) is 12.6 Å². The van der Waals surface area contributed by atoms with Crippen LogP contribution in [0, 0.1) is 0 Å². The van der Waals surface area contributed by atoms with Gasteiger partial charge in [0.25, 0.3) is 0 Å². The third kappa shape index (κ3) is 20.6. The first-order chi connectivity index (χ1) is 12.7. The van der Waals surface area contributed by atoms with Crippen LogP contribution < -0.4 is 0 Å². The summed E-state index contributed by atoms with van der Waals surface area (Å²) in [5, 5.41) is 9.80. The van der Waals surface area contributed by atoms with Crippen LogP contribution in [0.15, 0.2) is 0 Å². The SMILES string of the molecule is CCCCCCCCCCCCCCOP(=O)(O)OCC(O)C[N+](C)(C)C. The Labute approximate surface area is 167 Å². The summed E-state index contributed by atoms with van der Waals surface area (Å²) in [7, 11) is 1.75. The molecule has 0 aromatic rings. The lowest BCUT2D eigenvalue weighted by molar-refractivity contribution is -0.873. The normalized spacial score (nSPS) is 15.6. The van der Waals surface area contributed by atoms with Crippen molar-refractivity contribution in [3.63, 3.8) is 0 Å². The second kappa shape index (κ2) is 15.9. The Morgan fingerprint density at radius 2 is 1.26 bits per heavy atom. The lowest BCUT2D eigenvalue weighted by Crippen LogP contribution is -2.42. The van der Waals surface area contributed by atoms with E-state index in [0.29, 0.717) is 11.0 Å². The van der Waals surface area contributed by atoms with Crippen molar-refractivity contribution >= 4 is 7.82 Å². The van der Waals surface area contributed by atoms with Gasteiger partial charge in [-0.3, -0.25) is 9.05 Å². The first-order valence-electron chi connectivity index (χ1n) is 10.8. The van der Waals surface area contributed by atoms with Gasteiger partial charge in [-0.2, -0.15) is 0 Å². The van der Waals surface area contributed by atoms with Crippen LogP contribution in [-0.2, 0) is 13.6 Å². The molecule has 0 saturated heterocycles. The fourth-order valence-corrected chi connectivity index (χ4v) is 3.82. The van der Waals surface area contributed by atoms with E-state index >= 15 is 0 Å². The van der Waals surface area contributed by atoms with E-state index in [4.69, 9.17) is 9.05 Å². The first-order valence-corrected chi connectivity index (χ1v) is 12.3. The van der Waals surface area contributed by atoms with Gasteiger partial charge < -0.3 is 14.5 Å². The predicted octanol–water partition coefficient (Wildman–Crippen LogP) is 4.89.